The van der Waals surface area contributed by atoms with Crippen LogP contribution in [0.15, 0.2) is 0 Å². The van der Waals surface area contributed by atoms with Gasteiger partial charge in [0.25, 0.3) is 6.43 Å². The van der Waals surface area contributed by atoms with Crippen LogP contribution in [0.2, 0.25) is 0 Å². The first-order valence-electron chi connectivity index (χ1n) is 3.19. The molecule has 0 aromatic carbocycles. The lowest BCUT2D eigenvalue weighted by molar-refractivity contribution is -0.134. The van der Waals surface area contributed by atoms with Crippen molar-refractivity contribution >= 4 is 11.7 Å². The number of carbonyl (C=O) groups is 2. The van der Waals surface area contributed by atoms with Gasteiger partial charge in [-0.3, -0.25) is 9.59 Å². The van der Waals surface area contributed by atoms with E-state index in [0.717, 1.165) is 0 Å². The number of piperidine rings is 1. The monoisotopic (exact) mass is 163 g/mol. The fraction of sp³-hybridized carbons (Fsp3) is 0.667. The molecule has 1 aliphatic heterocycles. The van der Waals surface area contributed by atoms with Crippen molar-refractivity contribution in [2.45, 2.75) is 25.3 Å². The van der Waals surface area contributed by atoms with Crippen LogP contribution in [-0.2, 0) is 9.59 Å². The van der Waals surface area contributed by atoms with Crippen molar-refractivity contribution in [3.05, 3.63) is 0 Å². The van der Waals surface area contributed by atoms with E-state index in [2.05, 4.69) is 0 Å². The number of rotatable bonds is 1. The first kappa shape index (κ1) is 8.10. The molecule has 0 aromatic rings. The van der Waals surface area contributed by atoms with Gasteiger partial charge in [-0.2, -0.15) is 0 Å². The maximum absolute atomic E-state index is 11.9. The number of ketones is 1. The summed E-state index contributed by atoms with van der Waals surface area (Å²) in [6.07, 6.45) is -3.16. The van der Waals surface area contributed by atoms with E-state index in [9.17, 15) is 18.4 Å². The fourth-order valence-corrected chi connectivity index (χ4v) is 0.957. The van der Waals surface area contributed by atoms with Crippen molar-refractivity contribution in [2.24, 2.45) is 0 Å². The summed E-state index contributed by atoms with van der Waals surface area (Å²) in [6.45, 7) is 0. The minimum absolute atomic E-state index is 0.247. The van der Waals surface area contributed by atoms with E-state index in [1.165, 1.54) is 0 Å². The third kappa shape index (κ3) is 1.96. The summed E-state index contributed by atoms with van der Waals surface area (Å²) < 4.78 is 23.8. The summed E-state index contributed by atoms with van der Waals surface area (Å²) in [6, 6.07) is -1.27. The third-order valence-electron chi connectivity index (χ3n) is 1.46. The van der Waals surface area contributed by atoms with E-state index >= 15 is 0 Å². The summed E-state index contributed by atoms with van der Waals surface area (Å²) in [5, 5.41) is 2.04. The molecule has 62 valence electrons. The molecule has 1 aliphatic rings. The van der Waals surface area contributed by atoms with E-state index in [1.807, 2.05) is 5.32 Å². The maximum Gasteiger partial charge on any atom is 0.258 e. The minimum Gasteiger partial charge on any atom is -0.347 e. The van der Waals surface area contributed by atoms with E-state index in [0.29, 0.717) is 0 Å². The Hall–Kier alpha value is -1.00. The molecule has 0 saturated carbocycles. The first-order chi connectivity index (χ1) is 5.09. The predicted molar refractivity (Wildman–Crippen MR) is 32.2 cm³/mol. The van der Waals surface area contributed by atoms with Crippen molar-refractivity contribution in [2.75, 3.05) is 0 Å². The highest BCUT2D eigenvalue weighted by molar-refractivity contribution is 6.00. The molecular weight excluding hydrogens is 156 g/mol. The Kier molecular flexibility index (Phi) is 2.16. The number of hydrogen-bond donors (Lipinski definition) is 1. The fourth-order valence-electron chi connectivity index (χ4n) is 0.957. The van der Waals surface area contributed by atoms with Crippen LogP contribution < -0.4 is 5.32 Å². The Morgan fingerprint density at radius 1 is 1.45 bits per heavy atom. The Morgan fingerprint density at radius 3 is 2.55 bits per heavy atom. The van der Waals surface area contributed by atoms with E-state index in [-0.39, 0.29) is 12.8 Å². The molecule has 0 spiro atoms. The lowest BCUT2D eigenvalue weighted by atomic mass is 10.0. The van der Waals surface area contributed by atoms with Crippen LogP contribution in [0.1, 0.15) is 12.8 Å². The van der Waals surface area contributed by atoms with Gasteiger partial charge < -0.3 is 5.32 Å². The molecule has 1 unspecified atom stereocenters. The second kappa shape index (κ2) is 2.94. The Labute approximate surface area is 61.8 Å². The molecule has 5 heteroatoms. The smallest absolute Gasteiger partial charge is 0.258 e. The predicted octanol–water partition coefficient (Wildman–Crippen LogP) is 0.0992. The summed E-state index contributed by atoms with van der Waals surface area (Å²) in [5.41, 5.74) is 0. The van der Waals surface area contributed by atoms with Crippen molar-refractivity contribution in [1.82, 2.24) is 5.32 Å². The van der Waals surface area contributed by atoms with Crippen LogP contribution in [0, 0.1) is 0 Å². The standard InChI is InChI=1S/C6H7F2NO2/c7-6(8)4-1-3(10)2-5(11)9-4/h4,6H,1-2H2,(H,9,11). The van der Waals surface area contributed by atoms with E-state index in [4.69, 9.17) is 0 Å². The average Bonchev–Trinajstić information content (AvgIpc) is 1.85. The number of carbonyl (C=O) groups excluding carboxylic acids is 2. The maximum atomic E-state index is 11.9. The van der Waals surface area contributed by atoms with Gasteiger partial charge in [0.2, 0.25) is 5.91 Å². The van der Waals surface area contributed by atoms with Crippen LogP contribution in [-0.4, -0.2) is 24.2 Å². The van der Waals surface area contributed by atoms with Crippen molar-refractivity contribution in [3.63, 3.8) is 0 Å². The molecule has 1 N–H and O–H groups in total. The molecule has 0 aliphatic carbocycles. The van der Waals surface area contributed by atoms with Crippen molar-refractivity contribution < 1.29 is 18.4 Å². The van der Waals surface area contributed by atoms with Gasteiger partial charge in [-0.05, 0) is 0 Å². The number of halogens is 2. The van der Waals surface area contributed by atoms with Crippen molar-refractivity contribution in [3.8, 4) is 0 Å². The molecule has 0 radical (unpaired) electrons. The van der Waals surface area contributed by atoms with Crippen molar-refractivity contribution in [1.29, 1.82) is 0 Å². The molecule has 3 nitrogen and oxygen atoms in total. The molecule has 1 heterocycles. The topological polar surface area (TPSA) is 46.2 Å². The SMILES string of the molecule is O=C1CC(=O)NC(C(F)F)C1. The van der Waals surface area contributed by atoms with Gasteiger partial charge in [0.15, 0.2) is 0 Å². The third-order valence-corrected chi connectivity index (χ3v) is 1.46. The van der Waals surface area contributed by atoms with Crippen LogP contribution in [0.5, 0.6) is 0 Å². The van der Waals surface area contributed by atoms with Gasteiger partial charge >= 0.3 is 0 Å². The quantitative estimate of drug-likeness (QED) is 0.557. The highest BCUT2D eigenvalue weighted by atomic mass is 19.3. The lowest BCUT2D eigenvalue weighted by Gasteiger charge is -2.20. The molecule has 0 aromatic heterocycles. The molecule has 1 fully saturated rings. The van der Waals surface area contributed by atoms with Crippen LogP contribution in [0.4, 0.5) is 8.78 Å². The van der Waals surface area contributed by atoms with Gasteiger partial charge in [-0.1, -0.05) is 0 Å². The molecule has 11 heavy (non-hydrogen) atoms. The molecular formula is C6H7F2NO2. The average molecular weight is 163 g/mol. The second-order valence-electron chi connectivity index (χ2n) is 2.43. The number of nitrogens with one attached hydrogen (secondary N) is 1. The zero-order valence-corrected chi connectivity index (χ0v) is 5.64. The van der Waals surface area contributed by atoms with Gasteiger partial charge in [-0.25, -0.2) is 8.78 Å². The molecule has 1 atom stereocenters. The largest absolute Gasteiger partial charge is 0.347 e. The molecule has 1 amide bonds. The molecule has 0 bridgehead atoms. The Balaban J connectivity index is 2.56. The molecule has 1 rings (SSSR count). The van der Waals surface area contributed by atoms with Gasteiger partial charge in [0.1, 0.15) is 5.78 Å². The molecule has 1 saturated heterocycles. The Bertz CT molecular complexity index is 177. The van der Waals surface area contributed by atoms with Gasteiger partial charge in [-0.15, -0.1) is 0 Å². The highest BCUT2D eigenvalue weighted by Crippen LogP contribution is 2.11. The zero-order chi connectivity index (χ0) is 8.43. The number of Topliss-reactive ketones (excluding diaryl/α,β-unsaturated/α-hetero) is 1. The minimum atomic E-state index is -2.65. The van der Waals surface area contributed by atoms with Crippen LogP contribution >= 0.6 is 0 Å². The second-order valence-corrected chi connectivity index (χ2v) is 2.43. The Morgan fingerprint density at radius 2 is 2.09 bits per heavy atom. The van der Waals surface area contributed by atoms with Gasteiger partial charge in [0.05, 0.1) is 12.5 Å². The summed E-state index contributed by atoms with van der Waals surface area (Å²) >= 11 is 0. The highest BCUT2D eigenvalue weighted by Gasteiger charge is 2.30. The van der Waals surface area contributed by atoms with Crippen LogP contribution in [0.25, 0.3) is 0 Å². The number of hydrogen-bond acceptors (Lipinski definition) is 2. The summed E-state index contributed by atoms with van der Waals surface area (Å²) in [7, 11) is 0. The first-order valence-corrected chi connectivity index (χ1v) is 3.19. The lowest BCUT2D eigenvalue weighted by Crippen LogP contribution is -2.46. The number of amides is 1. The van der Waals surface area contributed by atoms with Gasteiger partial charge in [0, 0.05) is 6.42 Å². The zero-order valence-electron chi connectivity index (χ0n) is 5.64. The summed E-state index contributed by atoms with van der Waals surface area (Å²) in [4.78, 5) is 21.1. The van der Waals surface area contributed by atoms with Crippen LogP contribution in [0.3, 0.4) is 0 Å². The normalized spacial score (nSPS) is 25.5. The number of alkyl halides is 2. The van der Waals surface area contributed by atoms with E-state index in [1.54, 1.807) is 0 Å². The van der Waals surface area contributed by atoms with E-state index < -0.39 is 24.2 Å². The summed E-state index contributed by atoms with van der Waals surface area (Å²) in [5.74, 6) is -1.02.